The minimum Gasteiger partial charge on any atom is -0.497 e. The molecule has 0 unspecified atom stereocenters. The molecule has 0 atom stereocenters. The van der Waals surface area contributed by atoms with Crippen LogP contribution in [0.2, 0.25) is 0 Å². The van der Waals surface area contributed by atoms with Gasteiger partial charge in [0.15, 0.2) is 0 Å². The highest BCUT2D eigenvalue weighted by Gasteiger charge is 2.04. The van der Waals surface area contributed by atoms with Crippen LogP contribution in [0.3, 0.4) is 0 Å². The minimum absolute atomic E-state index is 0.0892. The van der Waals surface area contributed by atoms with Crippen LogP contribution in [0.1, 0.15) is 32.6 Å². The van der Waals surface area contributed by atoms with Crippen molar-refractivity contribution in [1.82, 2.24) is 0 Å². The van der Waals surface area contributed by atoms with E-state index in [2.05, 4.69) is 18.0 Å². The van der Waals surface area contributed by atoms with E-state index in [0.29, 0.717) is 13.0 Å². The van der Waals surface area contributed by atoms with Gasteiger partial charge in [-0.05, 0) is 31.9 Å². The number of esters is 1. The van der Waals surface area contributed by atoms with Crippen LogP contribution in [0.15, 0.2) is 24.3 Å². The van der Waals surface area contributed by atoms with Crippen molar-refractivity contribution in [3.8, 4) is 5.75 Å². The predicted molar refractivity (Wildman–Crippen MR) is 81.4 cm³/mol. The lowest BCUT2D eigenvalue weighted by molar-refractivity contribution is -0.143. The van der Waals surface area contributed by atoms with Crippen molar-refractivity contribution in [1.29, 1.82) is 0 Å². The molecule has 0 heterocycles. The molecule has 0 saturated heterocycles. The van der Waals surface area contributed by atoms with Crippen LogP contribution in [0.4, 0.5) is 5.69 Å². The van der Waals surface area contributed by atoms with Gasteiger partial charge in [0.05, 0.1) is 13.7 Å². The normalized spacial score (nSPS) is 10.2. The molecule has 0 aliphatic carbocycles. The Morgan fingerprint density at radius 3 is 2.75 bits per heavy atom. The first-order valence-electron chi connectivity index (χ1n) is 7.18. The SMILES string of the molecule is CCOC(=O)CCCCCN(C)c1cccc(OC)c1. The van der Waals surface area contributed by atoms with Gasteiger partial charge in [0, 0.05) is 31.8 Å². The molecule has 0 aromatic heterocycles. The lowest BCUT2D eigenvalue weighted by Crippen LogP contribution is -2.18. The van der Waals surface area contributed by atoms with Gasteiger partial charge in [-0.25, -0.2) is 0 Å². The summed E-state index contributed by atoms with van der Waals surface area (Å²) >= 11 is 0. The maximum absolute atomic E-state index is 11.2. The average molecular weight is 279 g/mol. The van der Waals surface area contributed by atoms with Gasteiger partial charge in [0.1, 0.15) is 5.75 Å². The molecule has 0 radical (unpaired) electrons. The lowest BCUT2D eigenvalue weighted by atomic mass is 10.2. The van der Waals surface area contributed by atoms with Crippen LogP contribution < -0.4 is 9.64 Å². The summed E-state index contributed by atoms with van der Waals surface area (Å²) in [6, 6.07) is 8.03. The molecule has 0 aliphatic rings. The van der Waals surface area contributed by atoms with E-state index < -0.39 is 0 Å². The molecule has 1 aromatic rings. The predicted octanol–water partition coefficient (Wildman–Crippen LogP) is 3.25. The Morgan fingerprint density at radius 1 is 1.25 bits per heavy atom. The molecule has 0 aliphatic heterocycles. The third-order valence-corrected chi connectivity index (χ3v) is 3.17. The summed E-state index contributed by atoms with van der Waals surface area (Å²) < 4.78 is 10.1. The van der Waals surface area contributed by atoms with Crippen molar-refractivity contribution < 1.29 is 14.3 Å². The fourth-order valence-corrected chi connectivity index (χ4v) is 2.01. The third-order valence-electron chi connectivity index (χ3n) is 3.17. The van der Waals surface area contributed by atoms with Gasteiger partial charge in [-0.1, -0.05) is 12.5 Å². The highest BCUT2D eigenvalue weighted by Crippen LogP contribution is 2.20. The summed E-state index contributed by atoms with van der Waals surface area (Å²) in [5.74, 6) is 0.783. The first-order chi connectivity index (χ1) is 9.67. The maximum atomic E-state index is 11.2. The van der Waals surface area contributed by atoms with Crippen molar-refractivity contribution in [3.63, 3.8) is 0 Å². The molecule has 4 heteroatoms. The maximum Gasteiger partial charge on any atom is 0.305 e. The van der Waals surface area contributed by atoms with E-state index in [4.69, 9.17) is 9.47 Å². The summed E-state index contributed by atoms with van der Waals surface area (Å²) in [5.41, 5.74) is 1.15. The Balaban J connectivity index is 2.22. The quantitative estimate of drug-likeness (QED) is 0.514. The van der Waals surface area contributed by atoms with Crippen LogP contribution in [-0.2, 0) is 9.53 Å². The second-order valence-corrected chi connectivity index (χ2v) is 4.74. The van der Waals surface area contributed by atoms with Crippen LogP contribution in [-0.4, -0.2) is 33.3 Å². The zero-order chi connectivity index (χ0) is 14.8. The van der Waals surface area contributed by atoms with Gasteiger partial charge in [0.25, 0.3) is 0 Å². The Kier molecular flexibility index (Phi) is 7.55. The first-order valence-corrected chi connectivity index (χ1v) is 7.18. The van der Waals surface area contributed by atoms with Crippen molar-refractivity contribution in [2.45, 2.75) is 32.6 Å². The summed E-state index contributed by atoms with van der Waals surface area (Å²) in [4.78, 5) is 13.4. The monoisotopic (exact) mass is 279 g/mol. The molecule has 1 rings (SSSR count). The number of carbonyl (C=O) groups excluding carboxylic acids is 1. The molecule has 0 bridgehead atoms. The van der Waals surface area contributed by atoms with Gasteiger partial charge < -0.3 is 14.4 Å². The summed E-state index contributed by atoms with van der Waals surface area (Å²) in [5, 5.41) is 0. The molecular formula is C16H25NO3. The van der Waals surface area contributed by atoms with E-state index in [-0.39, 0.29) is 5.97 Å². The van der Waals surface area contributed by atoms with E-state index in [1.807, 2.05) is 25.1 Å². The lowest BCUT2D eigenvalue weighted by Gasteiger charge is -2.19. The summed E-state index contributed by atoms with van der Waals surface area (Å²) in [6.07, 6.45) is 3.52. The van der Waals surface area contributed by atoms with Gasteiger partial charge in [0.2, 0.25) is 0 Å². The molecule has 1 aromatic carbocycles. The Labute approximate surface area is 121 Å². The van der Waals surface area contributed by atoms with E-state index >= 15 is 0 Å². The Morgan fingerprint density at radius 2 is 2.05 bits per heavy atom. The number of hydrogen-bond acceptors (Lipinski definition) is 4. The van der Waals surface area contributed by atoms with Gasteiger partial charge in [-0.3, -0.25) is 4.79 Å². The van der Waals surface area contributed by atoms with Crippen LogP contribution in [0.5, 0.6) is 5.75 Å². The molecule has 0 spiro atoms. The summed E-state index contributed by atoms with van der Waals surface area (Å²) in [7, 11) is 3.74. The number of rotatable bonds is 9. The number of unbranched alkanes of at least 4 members (excludes halogenated alkanes) is 2. The fraction of sp³-hybridized carbons (Fsp3) is 0.562. The zero-order valence-corrected chi connectivity index (χ0v) is 12.7. The zero-order valence-electron chi connectivity index (χ0n) is 12.7. The second-order valence-electron chi connectivity index (χ2n) is 4.74. The molecule has 4 nitrogen and oxygen atoms in total. The largest absolute Gasteiger partial charge is 0.497 e. The number of anilines is 1. The number of ether oxygens (including phenoxy) is 2. The van der Waals surface area contributed by atoms with Crippen molar-refractivity contribution >= 4 is 11.7 Å². The molecule has 0 fully saturated rings. The Bertz CT molecular complexity index is 406. The number of nitrogens with zero attached hydrogens (tertiary/aromatic N) is 1. The number of methoxy groups -OCH3 is 1. The highest BCUT2D eigenvalue weighted by atomic mass is 16.5. The smallest absolute Gasteiger partial charge is 0.305 e. The summed E-state index contributed by atoms with van der Waals surface area (Å²) in [6.45, 7) is 3.27. The molecule has 0 amide bonds. The first kappa shape index (κ1) is 16.3. The van der Waals surface area contributed by atoms with Gasteiger partial charge in [-0.2, -0.15) is 0 Å². The van der Waals surface area contributed by atoms with Crippen molar-refractivity contribution in [3.05, 3.63) is 24.3 Å². The second kappa shape index (κ2) is 9.23. The van der Waals surface area contributed by atoms with Crippen LogP contribution in [0.25, 0.3) is 0 Å². The standard InChI is InChI=1S/C16H25NO3/c1-4-20-16(18)11-6-5-7-12-17(2)14-9-8-10-15(13-14)19-3/h8-10,13H,4-7,11-12H2,1-3H3. The Hall–Kier alpha value is -1.71. The average Bonchev–Trinajstić information content (AvgIpc) is 2.47. The van der Waals surface area contributed by atoms with Crippen molar-refractivity contribution in [2.24, 2.45) is 0 Å². The van der Waals surface area contributed by atoms with Crippen LogP contribution >= 0.6 is 0 Å². The van der Waals surface area contributed by atoms with E-state index in [0.717, 1.165) is 37.2 Å². The minimum atomic E-state index is -0.0892. The molecule has 112 valence electrons. The topological polar surface area (TPSA) is 38.8 Å². The van der Waals surface area contributed by atoms with Gasteiger partial charge >= 0.3 is 5.97 Å². The van der Waals surface area contributed by atoms with E-state index in [1.165, 1.54) is 0 Å². The van der Waals surface area contributed by atoms with Crippen molar-refractivity contribution in [2.75, 3.05) is 32.2 Å². The molecule has 0 saturated carbocycles. The number of benzene rings is 1. The molecule has 20 heavy (non-hydrogen) atoms. The van der Waals surface area contributed by atoms with Gasteiger partial charge in [-0.15, -0.1) is 0 Å². The highest BCUT2D eigenvalue weighted by molar-refractivity contribution is 5.69. The van der Waals surface area contributed by atoms with E-state index in [1.54, 1.807) is 7.11 Å². The molecular weight excluding hydrogens is 254 g/mol. The van der Waals surface area contributed by atoms with E-state index in [9.17, 15) is 4.79 Å². The fourth-order valence-electron chi connectivity index (χ4n) is 2.01. The molecule has 0 N–H and O–H groups in total. The van der Waals surface area contributed by atoms with Crippen LogP contribution in [0, 0.1) is 0 Å². The third kappa shape index (κ3) is 5.95. The number of carbonyl (C=O) groups is 1. The number of hydrogen-bond donors (Lipinski definition) is 0.